The number of amides is 1. The van der Waals surface area contributed by atoms with Crippen molar-refractivity contribution in [2.45, 2.75) is 0 Å². The highest BCUT2D eigenvalue weighted by molar-refractivity contribution is 6.33. The lowest BCUT2D eigenvalue weighted by atomic mass is 10.1. The van der Waals surface area contributed by atoms with Gasteiger partial charge < -0.3 is 14.6 Å². The van der Waals surface area contributed by atoms with Crippen LogP contribution in [0.4, 0.5) is 0 Å². The highest BCUT2D eigenvalue weighted by atomic mass is 35.5. The lowest BCUT2D eigenvalue weighted by molar-refractivity contribution is 0.0696. The van der Waals surface area contributed by atoms with Crippen molar-refractivity contribution in [3.05, 3.63) is 76.5 Å². The molecule has 0 bridgehead atoms. The Bertz CT molecular complexity index is 1040. The second kappa shape index (κ2) is 7.76. The number of carbonyl (C=O) groups excluding carboxylic acids is 1. The first kappa shape index (κ1) is 18.2. The van der Waals surface area contributed by atoms with Gasteiger partial charge in [0.2, 0.25) is 0 Å². The average molecular weight is 385 g/mol. The van der Waals surface area contributed by atoms with Gasteiger partial charge in [0.05, 0.1) is 22.4 Å². The normalized spacial score (nSPS) is 10.9. The largest absolute Gasteiger partial charge is 0.507 e. The number of carboxylic acid groups (broad SMARTS) is 1. The molecule has 0 aliphatic heterocycles. The van der Waals surface area contributed by atoms with Gasteiger partial charge in [-0.15, -0.1) is 0 Å². The van der Waals surface area contributed by atoms with E-state index in [4.69, 9.17) is 21.1 Å². The molecule has 27 heavy (non-hydrogen) atoms. The van der Waals surface area contributed by atoms with Gasteiger partial charge in [-0.05, 0) is 42.5 Å². The number of rotatable bonds is 5. The summed E-state index contributed by atoms with van der Waals surface area (Å²) < 4.78 is 5.57. The lowest BCUT2D eigenvalue weighted by Gasteiger charge is -2.02. The third kappa shape index (κ3) is 4.16. The summed E-state index contributed by atoms with van der Waals surface area (Å²) in [5.74, 6) is -1.13. The number of furan rings is 1. The van der Waals surface area contributed by atoms with E-state index in [9.17, 15) is 14.7 Å². The van der Waals surface area contributed by atoms with E-state index in [1.54, 1.807) is 24.3 Å². The molecule has 1 heterocycles. The van der Waals surface area contributed by atoms with E-state index in [0.717, 1.165) is 0 Å². The van der Waals surface area contributed by atoms with E-state index in [1.807, 2.05) is 0 Å². The van der Waals surface area contributed by atoms with Gasteiger partial charge in [-0.3, -0.25) is 4.79 Å². The smallest absolute Gasteiger partial charge is 0.335 e. The molecule has 8 heteroatoms. The summed E-state index contributed by atoms with van der Waals surface area (Å²) in [4.78, 5) is 23.0. The maximum atomic E-state index is 11.9. The summed E-state index contributed by atoms with van der Waals surface area (Å²) in [6.45, 7) is 0. The molecule has 3 aromatic rings. The second-order valence-electron chi connectivity index (χ2n) is 5.42. The molecule has 1 amide bonds. The van der Waals surface area contributed by atoms with Crippen LogP contribution in [0.25, 0.3) is 11.3 Å². The van der Waals surface area contributed by atoms with Crippen molar-refractivity contribution < 1.29 is 24.2 Å². The Kier molecular flexibility index (Phi) is 5.23. The molecule has 1 aromatic heterocycles. The van der Waals surface area contributed by atoms with Crippen LogP contribution in [0.15, 0.2) is 64.1 Å². The van der Waals surface area contributed by atoms with Crippen molar-refractivity contribution >= 4 is 29.7 Å². The first-order chi connectivity index (χ1) is 13.0. The predicted octanol–water partition coefficient (Wildman–Crippen LogP) is 3.77. The fraction of sp³-hybridized carbons (Fsp3) is 0. The molecule has 136 valence electrons. The van der Waals surface area contributed by atoms with E-state index in [-0.39, 0.29) is 16.9 Å². The van der Waals surface area contributed by atoms with Gasteiger partial charge in [-0.2, -0.15) is 5.10 Å². The minimum absolute atomic E-state index is 0.0796. The van der Waals surface area contributed by atoms with Crippen molar-refractivity contribution in [1.82, 2.24) is 5.43 Å². The zero-order valence-corrected chi connectivity index (χ0v) is 14.5. The van der Waals surface area contributed by atoms with Gasteiger partial charge in [-0.25, -0.2) is 10.2 Å². The number of benzene rings is 2. The Balaban J connectivity index is 1.74. The molecule has 0 unspecified atom stereocenters. The summed E-state index contributed by atoms with van der Waals surface area (Å²) in [6.07, 6.45) is 1.27. The SMILES string of the molecule is O=C(O)c1ccc(Cl)c(-c2ccc(/C=N/NC(=O)c3ccccc3O)o2)c1. The highest BCUT2D eigenvalue weighted by Gasteiger charge is 2.12. The summed E-state index contributed by atoms with van der Waals surface area (Å²) >= 11 is 6.11. The number of carbonyl (C=O) groups is 2. The summed E-state index contributed by atoms with van der Waals surface area (Å²) in [5.41, 5.74) is 2.87. The van der Waals surface area contributed by atoms with Gasteiger partial charge in [0.15, 0.2) is 0 Å². The lowest BCUT2D eigenvalue weighted by Crippen LogP contribution is -2.17. The number of hydrogen-bond donors (Lipinski definition) is 3. The molecule has 0 atom stereocenters. The maximum absolute atomic E-state index is 11.9. The Labute approximate surface area is 158 Å². The number of hydrogen-bond acceptors (Lipinski definition) is 5. The van der Waals surface area contributed by atoms with Crippen molar-refractivity contribution in [3.63, 3.8) is 0 Å². The number of aromatic hydroxyl groups is 1. The minimum atomic E-state index is -1.08. The molecule has 0 aliphatic rings. The van der Waals surface area contributed by atoms with Crippen LogP contribution in [0.3, 0.4) is 0 Å². The average Bonchev–Trinajstić information content (AvgIpc) is 3.10. The molecule has 7 nitrogen and oxygen atoms in total. The zero-order chi connectivity index (χ0) is 19.4. The molecule has 0 saturated carbocycles. The van der Waals surface area contributed by atoms with Crippen LogP contribution in [0, 0.1) is 0 Å². The van der Waals surface area contributed by atoms with Gasteiger partial charge in [-0.1, -0.05) is 23.7 Å². The van der Waals surface area contributed by atoms with Crippen LogP contribution in [0.1, 0.15) is 26.5 Å². The number of carboxylic acids is 1. The molecule has 0 spiro atoms. The molecular weight excluding hydrogens is 372 g/mol. The molecule has 0 saturated heterocycles. The predicted molar refractivity (Wildman–Crippen MR) is 99.3 cm³/mol. The Hall–Kier alpha value is -3.58. The van der Waals surface area contributed by atoms with Crippen LogP contribution < -0.4 is 5.43 Å². The summed E-state index contributed by atoms with van der Waals surface area (Å²) in [7, 11) is 0. The minimum Gasteiger partial charge on any atom is -0.507 e. The third-order valence-electron chi connectivity index (χ3n) is 3.61. The van der Waals surface area contributed by atoms with Crippen molar-refractivity contribution in [2.75, 3.05) is 0 Å². The third-order valence-corrected chi connectivity index (χ3v) is 3.94. The van der Waals surface area contributed by atoms with Crippen molar-refractivity contribution in [3.8, 4) is 17.1 Å². The Morgan fingerprint density at radius 3 is 2.63 bits per heavy atom. The first-order valence-electron chi connectivity index (χ1n) is 7.70. The molecule has 0 aliphatic carbocycles. The van der Waals surface area contributed by atoms with Crippen LogP contribution in [0.5, 0.6) is 5.75 Å². The second-order valence-corrected chi connectivity index (χ2v) is 5.83. The number of nitrogens with one attached hydrogen (secondary N) is 1. The quantitative estimate of drug-likeness (QED) is 0.458. The van der Waals surface area contributed by atoms with Gasteiger partial charge in [0.25, 0.3) is 5.91 Å². The fourth-order valence-electron chi connectivity index (χ4n) is 2.29. The van der Waals surface area contributed by atoms with Crippen molar-refractivity contribution in [2.24, 2.45) is 5.10 Å². The summed E-state index contributed by atoms with van der Waals surface area (Å²) in [6, 6.07) is 13.6. The molecule has 3 rings (SSSR count). The number of aromatic carboxylic acids is 1. The van der Waals surface area contributed by atoms with Gasteiger partial charge in [0.1, 0.15) is 17.3 Å². The maximum Gasteiger partial charge on any atom is 0.335 e. The van der Waals surface area contributed by atoms with E-state index < -0.39 is 11.9 Å². The molecule has 3 N–H and O–H groups in total. The Morgan fingerprint density at radius 1 is 1.11 bits per heavy atom. The van der Waals surface area contributed by atoms with E-state index >= 15 is 0 Å². The van der Waals surface area contributed by atoms with Crippen molar-refractivity contribution in [1.29, 1.82) is 0 Å². The number of para-hydroxylation sites is 1. The van der Waals surface area contributed by atoms with E-state index in [2.05, 4.69) is 10.5 Å². The number of hydrazone groups is 1. The van der Waals surface area contributed by atoms with Crippen LogP contribution in [-0.2, 0) is 0 Å². The number of nitrogens with zero attached hydrogens (tertiary/aromatic N) is 1. The number of phenols is 1. The standard InChI is InChI=1S/C19H13ClN2O5/c20-15-7-5-11(19(25)26)9-14(15)17-8-6-12(27-17)10-21-22-18(24)13-3-1-2-4-16(13)23/h1-10,23H,(H,22,24)(H,25,26)/b21-10+. The monoisotopic (exact) mass is 384 g/mol. The Morgan fingerprint density at radius 2 is 1.89 bits per heavy atom. The van der Waals surface area contributed by atoms with Crippen LogP contribution >= 0.6 is 11.6 Å². The number of halogens is 1. The molecular formula is C19H13ClN2O5. The molecule has 0 radical (unpaired) electrons. The van der Waals surface area contributed by atoms with E-state index in [1.165, 1.54) is 36.5 Å². The van der Waals surface area contributed by atoms with Gasteiger partial charge >= 0.3 is 5.97 Å². The highest BCUT2D eigenvalue weighted by Crippen LogP contribution is 2.30. The van der Waals surface area contributed by atoms with Gasteiger partial charge in [0, 0.05) is 5.56 Å². The first-order valence-corrected chi connectivity index (χ1v) is 8.08. The topological polar surface area (TPSA) is 112 Å². The molecule has 0 fully saturated rings. The number of phenolic OH excluding ortho intramolecular Hbond substituents is 1. The molecule has 2 aromatic carbocycles. The summed E-state index contributed by atoms with van der Waals surface area (Å²) in [5, 5.41) is 22.8. The van der Waals surface area contributed by atoms with Crippen LogP contribution in [0.2, 0.25) is 5.02 Å². The fourth-order valence-corrected chi connectivity index (χ4v) is 2.51. The zero-order valence-electron chi connectivity index (χ0n) is 13.7. The van der Waals surface area contributed by atoms with E-state index in [0.29, 0.717) is 22.1 Å². The van der Waals surface area contributed by atoms with Crippen LogP contribution in [-0.4, -0.2) is 28.3 Å².